The predicted molar refractivity (Wildman–Crippen MR) is 66.2 cm³/mol. The number of hydrogen-bond acceptors (Lipinski definition) is 3. The summed E-state index contributed by atoms with van der Waals surface area (Å²) < 4.78 is 0. The molecule has 0 saturated carbocycles. The first-order valence-electron chi connectivity index (χ1n) is 6.44. The Labute approximate surface area is 107 Å². The van der Waals surface area contributed by atoms with E-state index in [1.165, 1.54) is 4.90 Å². The van der Waals surface area contributed by atoms with Gasteiger partial charge in [0.05, 0.1) is 6.10 Å². The quantitative estimate of drug-likeness (QED) is 0.675. The first-order chi connectivity index (χ1) is 8.49. The van der Waals surface area contributed by atoms with Gasteiger partial charge < -0.3 is 20.4 Å². The van der Waals surface area contributed by atoms with Crippen molar-refractivity contribution in [3.8, 4) is 0 Å². The highest BCUT2D eigenvalue weighted by molar-refractivity contribution is 5.83. The third-order valence-corrected chi connectivity index (χ3v) is 3.52. The minimum atomic E-state index is -1.07. The Morgan fingerprint density at radius 3 is 2.50 bits per heavy atom. The van der Waals surface area contributed by atoms with Gasteiger partial charge in [0.1, 0.15) is 6.04 Å². The van der Waals surface area contributed by atoms with E-state index in [0.717, 1.165) is 12.8 Å². The largest absolute Gasteiger partial charge is 0.480 e. The van der Waals surface area contributed by atoms with Crippen LogP contribution in [0.4, 0.5) is 4.79 Å². The van der Waals surface area contributed by atoms with Gasteiger partial charge in [-0.05, 0) is 5.92 Å². The van der Waals surface area contributed by atoms with Gasteiger partial charge in [-0.25, -0.2) is 9.59 Å². The summed E-state index contributed by atoms with van der Waals surface area (Å²) in [5.74, 6) is -0.658. The highest BCUT2D eigenvalue weighted by Gasteiger charge is 2.38. The molecule has 3 N–H and O–H groups in total. The van der Waals surface area contributed by atoms with Crippen LogP contribution in [0.25, 0.3) is 0 Å². The number of nitrogens with zero attached hydrogens (tertiary/aromatic N) is 1. The van der Waals surface area contributed by atoms with Crippen molar-refractivity contribution >= 4 is 12.0 Å². The highest BCUT2D eigenvalue weighted by Crippen LogP contribution is 2.18. The molecule has 1 heterocycles. The summed E-state index contributed by atoms with van der Waals surface area (Å²) in [5.41, 5.74) is 0. The van der Waals surface area contributed by atoms with Crippen LogP contribution >= 0.6 is 0 Å². The SMILES string of the molecule is CCC(CC)CNC(=O)N1CC(O)CC1C(=O)O. The average molecular weight is 258 g/mol. The Morgan fingerprint density at radius 2 is 2.00 bits per heavy atom. The van der Waals surface area contributed by atoms with E-state index in [9.17, 15) is 14.7 Å². The average Bonchev–Trinajstić information content (AvgIpc) is 2.72. The van der Waals surface area contributed by atoms with E-state index in [1.807, 2.05) is 0 Å². The molecule has 0 aromatic heterocycles. The zero-order valence-electron chi connectivity index (χ0n) is 10.9. The lowest BCUT2D eigenvalue weighted by Gasteiger charge is -2.23. The maximum Gasteiger partial charge on any atom is 0.326 e. The number of aliphatic hydroxyl groups is 1. The molecular weight excluding hydrogens is 236 g/mol. The Balaban J connectivity index is 2.52. The number of amides is 2. The summed E-state index contributed by atoms with van der Waals surface area (Å²) >= 11 is 0. The van der Waals surface area contributed by atoms with Gasteiger partial charge in [-0.2, -0.15) is 0 Å². The normalized spacial score (nSPS) is 23.4. The van der Waals surface area contributed by atoms with Gasteiger partial charge in [-0.15, -0.1) is 0 Å². The van der Waals surface area contributed by atoms with E-state index in [0.29, 0.717) is 12.5 Å². The number of carboxylic acid groups (broad SMARTS) is 1. The second-order valence-electron chi connectivity index (χ2n) is 4.76. The molecule has 0 bridgehead atoms. The molecule has 6 nitrogen and oxygen atoms in total. The Bertz CT molecular complexity index is 304. The molecule has 2 unspecified atom stereocenters. The lowest BCUT2D eigenvalue weighted by atomic mass is 10.0. The standard InChI is InChI=1S/C12H22N2O4/c1-3-8(4-2)6-13-12(18)14-7-9(15)5-10(14)11(16)17/h8-10,15H,3-7H2,1-2H3,(H,13,18)(H,16,17). The van der Waals surface area contributed by atoms with Crippen molar-refractivity contribution in [3.05, 3.63) is 0 Å². The maximum atomic E-state index is 11.9. The van der Waals surface area contributed by atoms with Gasteiger partial charge in [0.15, 0.2) is 0 Å². The Morgan fingerprint density at radius 1 is 1.39 bits per heavy atom. The van der Waals surface area contributed by atoms with Crippen molar-refractivity contribution in [2.75, 3.05) is 13.1 Å². The van der Waals surface area contributed by atoms with E-state index in [4.69, 9.17) is 5.11 Å². The van der Waals surface area contributed by atoms with Gasteiger partial charge in [-0.1, -0.05) is 26.7 Å². The second kappa shape index (κ2) is 6.58. The number of urea groups is 1. The Kier molecular flexibility index (Phi) is 5.40. The van der Waals surface area contributed by atoms with E-state index < -0.39 is 24.1 Å². The first-order valence-corrected chi connectivity index (χ1v) is 6.44. The third kappa shape index (κ3) is 3.60. The highest BCUT2D eigenvalue weighted by atomic mass is 16.4. The van der Waals surface area contributed by atoms with Crippen LogP contribution in [0.1, 0.15) is 33.1 Å². The molecule has 0 radical (unpaired) electrons. The monoisotopic (exact) mass is 258 g/mol. The number of likely N-dealkylation sites (tertiary alicyclic amines) is 1. The van der Waals surface area contributed by atoms with Crippen LogP contribution in [-0.4, -0.2) is 52.3 Å². The molecule has 0 aliphatic carbocycles. The summed E-state index contributed by atoms with van der Waals surface area (Å²) in [5, 5.41) is 21.2. The number of carboxylic acids is 1. The number of aliphatic carboxylic acids is 1. The summed E-state index contributed by atoms with van der Waals surface area (Å²) in [6.07, 6.45) is 1.31. The Hall–Kier alpha value is -1.30. The molecule has 2 amide bonds. The van der Waals surface area contributed by atoms with Crippen LogP contribution in [-0.2, 0) is 4.79 Å². The second-order valence-corrected chi connectivity index (χ2v) is 4.76. The molecule has 0 aromatic rings. The molecular formula is C12H22N2O4. The van der Waals surface area contributed by atoms with Crippen LogP contribution in [0.2, 0.25) is 0 Å². The molecule has 1 rings (SSSR count). The molecule has 0 spiro atoms. The summed E-state index contributed by atoms with van der Waals surface area (Å²) in [6.45, 7) is 4.75. The minimum Gasteiger partial charge on any atom is -0.480 e. The van der Waals surface area contributed by atoms with Gasteiger partial charge in [0.2, 0.25) is 0 Å². The van der Waals surface area contributed by atoms with Gasteiger partial charge in [0.25, 0.3) is 0 Å². The number of rotatable bonds is 5. The fourth-order valence-corrected chi connectivity index (χ4v) is 2.18. The number of aliphatic hydroxyl groups excluding tert-OH is 1. The lowest BCUT2D eigenvalue weighted by Crippen LogP contribution is -2.47. The van der Waals surface area contributed by atoms with E-state index in [2.05, 4.69) is 19.2 Å². The lowest BCUT2D eigenvalue weighted by molar-refractivity contribution is -0.141. The predicted octanol–water partition coefficient (Wildman–Crippen LogP) is 0.652. The van der Waals surface area contributed by atoms with Crippen LogP contribution in [0, 0.1) is 5.92 Å². The number of nitrogens with one attached hydrogen (secondary N) is 1. The third-order valence-electron chi connectivity index (χ3n) is 3.52. The number of hydrogen-bond donors (Lipinski definition) is 3. The molecule has 1 fully saturated rings. The number of carbonyl (C=O) groups is 2. The van der Waals surface area contributed by atoms with Crippen LogP contribution in [0.15, 0.2) is 0 Å². The van der Waals surface area contributed by atoms with Crippen LogP contribution < -0.4 is 5.32 Å². The van der Waals surface area contributed by atoms with E-state index >= 15 is 0 Å². The number of β-amino-alcohol motifs (C(OH)–C–C–N with tert-alkyl or cyclic N) is 1. The van der Waals surface area contributed by atoms with Gasteiger partial charge >= 0.3 is 12.0 Å². The zero-order valence-corrected chi connectivity index (χ0v) is 10.9. The van der Waals surface area contributed by atoms with Crippen LogP contribution in [0.5, 0.6) is 0 Å². The molecule has 0 aromatic carbocycles. The first kappa shape index (κ1) is 14.8. The molecule has 18 heavy (non-hydrogen) atoms. The van der Waals surface area contributed by atoms with Gasteiger partial charge in [0, 0.05) is 19.5 Å². The van der Waals surface area contributed by atoms with Crippen molar-refractivity contribution in [1.82, 2.24) is 10.2 Å². The van der Waals surface area contributed by atoms with Crippen LogP contribution in [0.3, 0.4) is 0 Å². The molecule has 1 aliphatic heterocycles. The smallest absolute Gasteiger partial charge is 0.326 e. The zero-order chi connectivity index (χ0) is 13.7. The van der Waals surface area contributed by atoms with E-state index in [-0.39, 0.29) is 13.0 Å². The molecule has 1 aliphatic rings. The van der Waals surface area contributed by atoms with Gasteiger partial charge in [-0.3, -0.25) is 0 Å². The molecule has 6 heteroatoms. The van der Waals surface area contributed by atoms with Crippen molar-refractivity contribution in [3.63, 3.8) is 0 Å². The topological polar surface area (TPSA) is 89.9 Å². The van der Waals surface area contributed by atoms with E-state index in [1.54, 1.807) is 0 Å². The number of carbonyl (C=O) groups excluding carboxylic acids is 1. The summed E-state index contributed by atoms with van der Waals surface area (Å²) in [7, 11) is 0. The molecule has 1 saturated heterocycles. The maximum absolute atomic E-state index is 11.9. The summed E-state index contributed by atoms with van der Waals surface area (Å²) in [4.78, 5) is 24.1. The van der Waals surface area contributed by atoms with Crippen molar-refractivity contribution in [2.24, 2.45) is 5.92 Å². The van der Waals surface area contributed by atoms with Crippen molar-refractivity contribution in [1.29, 1.82) is 0 Å². The minimum absolute atomic E-state index is 0.0890. The van der Waals surface area contributed by atoms with Crippen molar-refractivity contribution in [2.45, 2.75) is 45.3 Å². The molecule has 2 atom stereocenters. The fourth-order valence-electron chi connectivity index (χ4n) is 2.18. The van der Waals surface area contributed by atoms with Crippen molar-refractivity contribution < 1.29 is 19.8 Å². The fraction of sp³-hybridized carbons (Fsp3) is 0.833. The summed E-state index contributed by atoms with van der Waals surface area (Å²) in [6, 6.07) is -1.31. The molecule has 104 valence electrons.